The molecular weight excluding hydrogens is 324 g/mol. The van der Waals surface area contributed by atoms with Crippen molar-refractivity contribution >= 4 is 0 Å². The first kappa shape index (κ1) is 23.1. The van der Waals surface area contributed by atoms with Gasteiger partial charge in [-0.25, -0.2) is 0 Å². The summed E-state index contributed by atoms with van der Waals surface area (Å²) in [6, 6.07) is 10.4. The fourth-order valence-corrected chi connectivity index (χ4v) is 3.81. The summed E-state index contributed by atoms with van der Waals surface area (Å²) >= 11 is 0. The van der Waals surface area contributed by atoms with Crippen molar-refractivity contribution in [1.29, 1.82) is 0 Å². The molecule has 1 rings (SSSR count). The third-order valence-corrected chi connectivity index (χ3v) is 5.05. The van der Waals surface area contributed by atoms with Crippen LogP contribution in [0.5, 0.6) is 0 Å². The Labute approximate surface area is 161 Å². The molecule has 1 N–H and O–H groups in total. The van der Waals surface area contributed by atoms with E-state index < -0.39 is 5.79 Å². The van der Waals surface area contributed by atoms with E-state index in [1.165, 1.54) is 38.5 Å². The van der Waals surface area contributed by atoms with E-state index in [9.17, 15) is 5.11 Å². The molecule has 0 aliphatic heterocycles. The second-order valence-corrected chi connectivity index (χ2v) is 7.02. The maximum absolute atomic E-state index is 9.40. The average molecular weight is 365 g/mol. The number of aliphatic hydroxyl groups excluding tert-OH is 1. The summed E-state index contributed by atoms with van der Waals surface area (Å²) in [4.78, 5) is 0. The molecule has 0 radical (unpaired) electrons. The molecule has 0 bridgehead atoms. The fourth-order valence-electron chi connectivity index (χ4n) is 3.81. The quantitative estimate of drug-likeness (QED) is 0.286. The molecule has 0 aliphatic carbocycles. The van der Waals surface area contributed by atoms with Crippen molar-refractivity contribution in [1.82, 2.24) is 0 Å². The number of hydrogen-bond donors (Lipinski definition) is 1. The summed E-state index contributed by atoms with van der Waals surface area (Å²) in [6.45, 7) is 7.76. The summed E-state index contributed by atoms with van der Waals surface area (Å²) in [5, 5.41) is 9.40. The van der Waals surface area contributed by atoms with Gasteiger partial charge in [-0.3, -0.25) is 0 Å². The van der Waals surface area contributed by atoms with E-state index in [-0.39, 0.29) is 12.5 Å². The van der Waals surface area contributed by atoms with Gasteiger partial charge in [0.2, 0.25) is 0 Å². The molecule has 0 saturated heterocycles. The first-order valence-corrected chi connectivity index (χ1v) is 10.7. The Morgan fingerprint density at radius 3 is 1.96 bits per heavy atom. The van der Waals surface area contributed by atoms with Gasteiger partial charge < -0.3 is 14.6 Å². The van der Waals surface area contributed by atoms with Crippen LogP contribution in [-0.4, -0.2) is 24.9 Å². The third-order valence-electron chi connectivity index (χ3n) is 5.05. The Morgan fingerprint density at radius 1 is 0.808 bits per heavy atom. The topological polar surface area (TPSA) is 38.7 Å². The molecule has 1 aromatic carbocycles. The molecule has 1 aromatic rings. The maximum Gasteiger partial charge on any atom is 0.197 e. The fraction of sp³-hybridized carbons (Fsp3) is 0.739. The van der Waals surface area contributed by atoms with E-state index >= 15 is 0 Å². The van der Waals surface area contributed by atoms with Crippen LogP contribution in [-0.2, 0) is 15.3 Å². The molecule has 1 unspecified atom stereocenters. The molecule has 0 heterocycles. The monoisotopic (exact) mass is 364 g/mol. The predicted octanol–water partition coefficient (Wildman–Crippen LogP) is 6.05. The van der Waals surface area contributed by atoms with Crippen LogP contribution in [0.4, 0.5) is 0 Å². The molecule has 0 fully saturated rings. The number of ether oxygens (including phenoxy) is 2. The van der Waals surface area contributed by atoms with Gasteiger partial charge >= 0.3 is 0 Å². The summed E-state index contributed by atoms with van der Waals surface area (Å²) in [6.07, 6.45) is 10.5. The zero-order valence-electron chi connectivity index (χ0n) is 17.2. The highest BCUT2D eigenvalue weighted by Crippen LogP contribution is 2.41. The molecule has 0 aliphatic rings. The summed E-state index contributed by atoms with van der Waals surface area (Å²) < 4.78 is 12.6. The number of benzene rings is 1. The molecule has 150 valence electrons. The Morgan fingerprint density at radius 2 is 1.38 bits per heavy atom. The SMILES string of the molecule is CCCCCCCCC(CCCO)C(OCC)(OCC)c1ccccc1. The first-order valence-electron chi connectivity index (χ1n) is 10.7. The summed E-state index contributed by atoms with van der Waals surface area (Å²) in [5.41, 5.74) is 1.10. The van der Waals surface area contributed by atoms with Crippen molar-refractivity contribution in [3.8, 4) is 0 Å². The Bertz CT molecular complexity index is 426. The number of aliphatic hydroxyl groups is 1. The van der Waals surface area contributed by atoms with Crippen LogP contribution in [0.2, 0.25) is 0 Å². The van der Waals surface area contributed by atoms with Crippen LogP contribution in [0, 0.1) is 5.92 Å². The molecule has 3 heteroatoms. The van der Waals surface area contributed by atoms with E-state index in [4.69, 9.17) is 9.47 Å². The standard InChI is InChI=1S/C23H40O3/c1-4-7-8-9-10-12-16-22(19-15-20-24)23(25-5-2,26-6-3)21-17-13-11-14-18-21/h11,13-14,17-18,22,24H,4-10,12,15-16,19-20H2,1-3H3. The zero-order chi connectivity index (χ0) is 19.1. The lowest BCUT2D eigenvalue weighted by atomic mass is 9.83. The minimum atomic E-state index is -0.705. The van der Waals surface area contributed by atoms with Gasteiger partial charge in [0.25, 0.3) is 0 Å². The van der Waals surface area contributed by atoms with Crippen molar-refractivity contribution in [2.45, 2.75) is 84.3 Å². The van der Waals surface area contributed by atoms with E-state index in [0.717, 1.165) is 24.8 Å². The summed E-state index contributed by atoms with van der Waals surface area (Å²) in [5.74, 6) is -0.452. The minimum Gasteiger partial charge on any atom is -0.396 e. The Hall–Kier alpha value is -0.900. The smallest absolute Gasteiger partial charge is 0.197 e. The molecule has 1 atom stereocenters. The number of unbranched alkanes of at least 4 members (excludes halogenated alkanes) is 5. The number of hydrogen-bond acceptors (Lipinski definition) is 3. The second kappa shape index (κ2) is 14.2. The van der Waals surface area contributed by atoms with Gasteiger partial charge in [-0.05, 0) is 33.1 Å². The molecule has 0 amide bonds. The highest BCUT2D eigenvalue weighted by Gasteiger charge is 2.41. The van der Waals surface area contributed by atoms with Gasteiger partial charge in [0, 0.05) is 31.3 Å². The largest absolute Gasteiger partial charge is 0.396 e. The minimum absolute atomic E-state index is 0.218. The Balaban J connectivity index is 2.92. The molecule has 26 heavy (non-hydrogen) atoms. The highest BCUT2D eigenvalue weighted by molar-refractivity contribution is 5.21. The van der Waals surface area contributed by atoms with Crippen LogP contribution in [0.3, 0.4) is 0 Å². The zero-order valence-corrected chi connectivity index (χ0v) is 17.2. The van der Waals surface area contributed by atoms with Crippen LogP contribution < -0.4 is 0 Å². The maximum atomic E-state index is 9.40. The third kappa shape index (κ3) is 7.38. The average Bonchev–Trinajstić information content (AvgIpc) is 2.67. The highest BCUT2D eigenvalue weighted by atomic mass is 16.7. The van der Waals surface area contributed by atoms with Crippen LogP contribution in [0.1, 0.15) is 84.1 Å². The van der Waals surface area contributed by atoms with Gasteiger partial charge in [-0.1, -0.05) is 75.8 Å². The molecular formula is C23H40O3. The first-order chi connectivity index (χ1) is 12.7. The lowest BCUT2D eigenvalue weighted by molar-refractivity contribution is -0.277. The van der Waals surface area contributed by atoms with E-state index in [2.05, 4.69) is 31.2 Å². The molecule has 3 nitrogen and oxygen atoms in total. The van der Waals surface area contributed by atoms with Crippen LogP contribution in [0.25, 0.3) is 0 Å². The second-order valence-electron chi connectivity index (χ2n) is 7.02. The molecule has 0 aromatic heterocycles. The summed E-state index contributed by atoms with van der Waals surface area (Å²) in [7, 11) is 0. The van der Waals surface area contributed by atoms with Crippen molar-refractivity contribution in [3.05, 3.63) is 35.9 Å². The lowest BCUT2D eigenvalue weighted by Gasteiger charge is -2.41. The Kier molecular flexibility index (Phi) is 12.6. The normalized spacial score (nSPS) is 13.1. The van der Waals surface area contributed by atoms with E-state index in [1.807, 2.05) is 19.9 Å². The van der Waals surface area contributed by atoms with Gasteiger partial charge in [0.15, 0.2) is 5.79 Å². The lowest BCUT2D eigenvalue weighted by Crippen LogP contribution is -2.41. The molecule has 0 spiro atoms. The van der Waals surface area contributed by atoms with Crippen molar-refractivity contribution in [2.24, 2.45) is 5.92 Å². The van der Waals surface area contributed by atoms with Gasteiger partial charge in [0.05, 0.1) is 0 Å². The van der Waals surface area contributed by atoms with Crippen molar-refractivity contribution < 1.29 is 14.6 Å². The van der Waals surface area contributed by atoms with Gasteiger partial charge in [0.1, 0.15) is 0 Å². The van der Waals surface area contributed by atoms with Crippen molar-refractivity contribution in [2.75, 3.05) is 19.8 Å². The number of rotatable bonds is 16. The van der Waals surface area contributed by atoms with Gasteiger partial charge in [-0.2, -0.15) is 0 Å². The van der Waals surface area contributed by atoms with Crippen LogP contribution in [0.15, 0.2) is 30.3 Å². The van der Waals surface area contributed by atoms with E-state index in [0.29, 0.717) is 13.2 Å². The predicted molar refractivity (Wildman–Crippen MR) is 109 cm³/mol. The van der Waals surface area contributed by atoms with Crippen molar-refractivity contribution in [3.63, 3.8) is 0 Å². The molecule has 0 saturated carbocycles. The van der Waals surface area contributed by atoms with Gasteiger partial charge in [-0.15, -0.1) is 0 Å². The van der Waals surface area contributed by atoms with Crippen LogP contribution >= 0.6 is 0 Å². The van der Waals surface area contributed by atoms with E-state index in [1.54, 1.807) is 0 Å².